The number of nitrogens with zero attached hydrogens (tertiary/aromatic N) is 3. The van der Waals surface area contributed by atoms with Gasteiger partial charge in [0.1, 0.15) is 0 Å². The second-order valence-corrected chi connectivity index (χ2v) is 5.32. The van der Waals surface area contributed by atoms with Crippen LogP contribution in [-0.2, 0) is 4.79 Å². The van der Waals surface area contributed by atoms with Crippen LogP contribution in [0.5, 0.6) is 0 Å². The molecular weight excluding hydrogens is 252 g/mol. The molecule has 0 aliphatic rings. The van der Waals surface area contributed by atoms with Crippen LogP contribution in [0.2, 0.25) is 0 Å². The van der Waals surface area contributed by atoms with Crippen LogP contribution in [0.1, 0.15) is 32.2 Å². The predicted molar refractivity (Wildman–Crippen MR) is 70.1 cm³/mol. The molecule has 1 rings (SSSR count). The van der Waals surface area contributed by atoms with Gasteiger partial charge in [0.15, 0.2) is 0 Å². The summed E-state index contributed by atoms with van der Waals surface area (Å²) in [6, 6.07) is -0.249. The zero-order chi connectivity index (χ0) is 13.7. The van der Waals surface area contributed by atoms with Crippen LogP contribution in [0.25, 0.3) is 0 Å². The number of hydrogen-bond acceptors (Lipinski definition) is 6. The van der Waals surface area contributed by atoms with Gasteiger partial charge in [0.2, 0.25) is 11.8 Å². The Balaban J connectivity index is 2.56. The lowest BCUT2D eigenvalue weighted by Gasteiger charge is -2.13. The molecule has 6 nitrogen and oxygen atoms in total. The van der Waals surface area contributed by atoms with Gasteiger partial charge in [-0.1, -0.05) is 32.0 Å². The number of nitrogens with two attached hydrogens (primary N) is 1. The van der Waals surface area contributed by atoms with Crippen LogP contribution in [-0.4, -0.2) is 40.9 Å². The van der Waals surface area contributed by atoms with Gasteiger partial charge in [0.25, 0.3) is 5.22 Å². The van der Waals surface area contributed by atoms with Crippen LogP contribution in [0.3, 0.4) is 0 Å². The van der Waals surface area contributed by atoms with Gasteiger partial charge < -0.3 is 15.1 Å². The van der Waals surface area contributed by atoms with Crippen molar-refractivity contribution in [1.29, 1.82) is 0 Å². The molecule has 18 heavy (non-hydrogen) atoms. The Bertz CT molecular complexity index is 394. The fraction of sp³-hybridized carbons (Fsp3) is 0.727. The molecule has 0 bridgehead atoms. The Morgan fingerprint density at radius 3 is 2.72 bits per heavy atom. The molecule has 0 aliphatic carbocycles. The van der Waals surface area contributed by atoms with Gasteiger partial charge in [-0.2, -0.15) is 0 Å². The molecule has 0 aliphatic heterocycles. The maximum Gasteiger partial charge on any atom is 0.277 e. The third-order valence-corrected chi connectivity index (χ3v) is 3.59. The maximum atomic E-state index is 11.4. The van der Waals surface area contributed by atoms with Crippen molar-refractivity contribution in [3.05, 3.63) is 5.89 Å². The van der Waals surface area contributed by atoms with Crippen molar-refractivity contribution in [3.63, 3.8) is 0 Å². The van der Waals surface area contributed by atoms with E-state index in [-0.39, 0.29) is 23.6 Å². The molecule has 7 heteroatoms. The van der Waals surface area contributed by atoms with Crippen LogP contribution < -0.4 is 5.73 Å². The van der Waals surface area contributed by atoms with Crippen molar-refractivity contribution in [1.82, 2.24) is 15.1 Å². The molecule has 1 aromatic rings. The second kappa shape index (κ2) is 6.75. The van der Waals surface area contributed by atoms with Gasteiger partial charge in [-0.25, -0.2) is 0 Å². The third kappa shape index (κ3) is 3.99. The number of thioether (sulfide) groups is 1. The molecule has 0 spiro atoms. The molecule has 0 unspecified atom stereocenters. The molecule has 1 heterocycles. The van der Waals surface area contributed by atoms with Crippen LogP contribution in [0.15, 0.2) is 9.64 Å². The molecular formula is C11H20N4O2S. The average Bonchev–Trinajstić information content (AvgIpc) is 2.82. The highest BCUT2D eigenvalue weighted by Gasteiger charge is 2.20. The van der Waals surface area contributed by atoms with E-state index >= 15 is 0 Å². The number of carbonyl (C=O) groups is 1. The van der Waals surface area contributed by atoms with Crippen molar-refractivity contribution in [2.24, 2.45) is 11.7 Å². The summed E-state index contributed by atoms with van der Waals surface area (Å²) in [7, 11) is 3.42. The van der Waals surface area contributed by atoms with Crippen LogP contribution in [0.4, 0.5) is 0 Å². The highest BCUT2D eigenvalue weighted by atomic mass is 32.2. The summed E-state index contributed by atoms with van der Waals surface area (Å²) in [6.45, 7) is 4.10. The lowest BCUT2D eigenvalue weighted by molar-refractivity contribution is -0.125. The molecule has 0 radical (unpaired) electrons. The smallest absolute Gasteiger partial charge is 0.277 e. The highest BCUT2D eigenvalue weighted by molar-refractivity contribution is 7.99. The number of aromatic nitrogens is 2. The molecule has 2 N–H and O–H groups in total. The van der Waals surface area contributed by atoms with Gasteiger partial charge in [-0.15, -0.1) is 10.2 Å². The summed E-state index contributed by atoms with van der Waals surface area (Å²) >= 11 is 1.23. The summed E-state index contributed by atoms with van der Waals surface area (Å²) in [5.41, 5.74) is 5.99. The molecule has 0 aromatic carbocycles. The second-order valence-electron chi connectivity index (χ2n) is 4.39. The van der Waals surface area contributed by atoms with Gasteiger partial charge in [-0.3, -0.25) is 4.79 Å². The van der Waals surface area contributed by atoms with Gasteiger partial charge >= 0.3 is 0 Å². The van der Waals surface area contributed by atoms with E-state index < -0.39 is 0 Å². The zero-order valence-corrected chi connectivity index (χ0v) is 12.0. The largest absolute Gasteiger partial charge is 0.414 e. The Morgan fingerprint density at radius 1 is 1.50 bits per heavy atom. The fourth-order valence-corrected chi connectivity index (χ4v) is 1.91. The Labute approximate surface area is 111 Å². The first-order valence-electron chi connectivity index (χ1n) is 5.87. The summed E-state index contributed by atoms with van der Waals surface area (Å²) in [4.78, 5) is 12.9. The minimum Gasteiger partial charge on any atom is -0.414 e. The molecule has 0 saturated heterocycles. The Morgan fingerprint density at radius 2 is 2.17 bits per heavy atom. The van der Waals surface area contributed by atoms with E-state index in [1.807, 2.05) is 6.92 Å². The number of hydrogen-bond donors (Lipinski definition) is 1. The van der Waals surface area contributed by atoms with Crippen molar-refractivity contribution in [2.45, 2.75) is 31.5 Å². The normalized spacial score (nSPS) is 14.3. The molecule has 0 fully saturated rings. The monoisotopic (exact) mass is 272 g/mol. The van der Waals surface area contributed by atoms with E-state index in [0.717, 1.165) is 6.42 Å². The minimum atomic E-state index is -0.249. The molecule has 2 atom stereocenters. The standard InChI is InChI=1S/C11H20N4O2S/c1-5-7(2)9(12)10-13-14-11(17-10)18-6-8(16)15(3)4/h7,9H,5-6,12H2,1-4H3/t7-,9-/m0/s1. The lowest BCUT2D eigenvalue weighted by Crippen LogP contribution is -2.23. The van der Waals surface area contributed by atoms with Crippen LogP contribution in [0, 0.1) is 5.92 Å². The van der Waals surface area contributed by atoms with Gasteiger partial charge in [0, 0.05) is 14.1 Å². The average molecular weight is 272 g/mol. The highest BCUT2D eigenvalue weighted by Crippen LogP contribution is 2.24. The SMILES string of the molecule is CC[C@H](C)[C@H](N)c1nnc(SCC(=O)N(C)C)o1. The first-order valence-corrected chi connectivity index (χ1v) is 6.86. The maximum absolute atomic E-state index is 11.4. The summed E-state index contributed by atoms with van der Waals surface area (Å²) in [5, 5.41) is 8.19. The Kier molecular flexibility index (Phi) is 5.61. The van der Waals surface area contributed by atoms with Crippen molar-refractivity contribution < 1.29 is 9.21 Å². The number of rotatable bonds is 6. The molecule has 102 valence electrons. The third-order valence-electron chi connectivity index (χ3n) is 2.78. The zero-order valence-electron chi connectivity index (χ0n) is 11.2. The summed E-state index contributed by atoms with van der Waals surface area (Å²) in [5.74, 6) is 1.01. The van der Waals surface area contributed by atoms with E-state index in [4.69, 9.17) is 10.2 Å². The first-order chi connectivity index (χ1) is 8.45. The van der Waals surface area contributed by atoms with Crippen molar-refractivity contribution >= 4 is 17.7 Å². The first kappa shape index (κ1) is 15.0. The molecule has 1 aromatic heterocycles. The van der Waals surface area contributed by atoms with E-state index in [1.54, 1.807) is 14.1 Å². The van der Waals surface area contributed by atoms with E-state index in [9.17, 15) is 4.79 Å². The van der Waals surface area contributed by atoms with E-state index in [2.05, 4.69) is 17.1 Å². The van der Waals surface area contributed by atoms with Gasteiger partial charge in [-0.05, 0) is 5.92 Å². The Hall–Kier alpha value is -1.08. The van der Waals surface area contributed by atoms with Gasteiger partial charge in [0.05, 0.1) is 11.8 Å². The van der Waals surface area contributed by atoms with Crippen molar-refractivity contribution in [3.8, 4) is 0 Å². The minimum absolute atomic E-state index is 0.00553. The van der Waals surface area contributed by atoms with Crippen molar-refractivity contribution in [2.75, 3.05) is 19.8 Å². The summed E-state index contributed by atoms with van der Waals surface area (Å²) in [6.07, 6.45) is 0.950. The number of carbonyl (C=O) groups excluding carboxylic acids is 1. The number of amides is 1. The van der Waals surface area contributed by atoms with E-state index in [1.165, 1.54) is 16.7 Å². The fourth-order valence-electron chi connectivity index (χ4n) is 1.16. The molecule has 1 amide bonds. The van der Waals surface area contributed by atoms with Crippen LogP contribution >= 0.6 is 11.8 Å². The quantitative estimate of drug-likeness (QED) is 0.786. The predicted octanol–water partition coefficient (Wildman–Crippen LogP) is 1.30. The topological polar surface area (TPSA) is 85.2 Å². The summed E-state index contributed by atoms with van der Waals surface area (Å²) < 4.78 is 5.44. The lowest BCUT2D eigenvalue weighted by atomic mass is 10.0. The van der Waals surface area contributed by atoms with E-state index in [0.29, 0.717) is 11.1 Å². The molecule has 0 saturated carbocycles.